The van der Waals surface area contributed by atoms with Crippen molar-refractivity contribution in [3.05, 3.63) is 90.6 Å². The molecule has 32 heavy (non-hydrogen) atoms. The van der Waals surface area contributed by atoms with E-state index in [9.17, 15) is 22.8 Å². The lowest BCUT2D eigenvalue weighted by Gasteiger charge is -2.09. The molecular formula is C22H4F4N4S2. The predicted octanol–water partition coefficient (Wildman–Crippen LogP) is 5.17. The smallest absolute Gasteiger partial charge is 0.237 e. The maximum Gasteiger partial charge on any atom is 0.271 e. The maximum atomic E-state index is 14.8. The lowest BCUT2D eigenvalue weighted by molar-refractivity contribution is 0.446. The largest absolute Gasteiger partial charge is 0.271 e. The second-order valence-corrected chi connectivity index (χ2v) is 8.06. The molecule has 10 heteroatoms. The lowest BCUT2D eigenvalue weighted by atomic mass is 10.0. The van der Waals surface area contributed by atoms with Crippen molar-refractivity contribution in [2.45, 2.75) is 0 Å². The number of nitriles is 2. The van der Waals surface area contributed by atoms with Crippen molar-refractivity contribution in [2.24, 2.45) is 0 Å². The molecule has 0 atom stereocenters. The van der Waals surface area contributed by atoms with E-state index in [1.165, 1.54) is 6.07 Å². The van der Waals surface area contributed by atoms with Crippen molar-refractivity contribution in [3.8, 4) is 12.1 Å². The van der Waals surface area contributed by atoms with Crippen LogP contribution >= 0.6 is 22.7 Å². The van der Waals surface area contributed by atoms with Crippen LogP contribution in [0.3, 0.4) is 0 Å². The Morgan fingerprint density at radius 2 is 1.34 bits per heavy atom. The minimum absolute atomic E-state index is 0.0218. The van der Waals surface area contributed by atoms with Gasteiger partial charge in [0.25, 0.3) is 5.70 Å². The van der Waals surface area contributed by atoms with E-state index in [0.29, 0.717) is 25.4 Å². The highest BCUT2D eigenvalue weighted by Crippen LogP contribution is 2.31. The van der Waals surface area contributed by atoms with Gasteiger partial charge in [-0.3, -0.25) is 0 Å². The highest BCUT2D eigenvalue weighted by Gasteiger charge is 2.29. The summed E-state index contributed by atoms with van der Waals surface area (Å²) < 4.78 is 58.9. The summed E-state index contributed by atoms with van der Waals surface area (Å²) in [6.45, 7) is 14.9. The molecule has 4 nitrogen and oxygen atoms in total. The first-order chi connectivity index (χ1) is 15.4. The lowest BCUT2D eigenvalue weighted by Crippen LogP contribution is -2.17. The summed E-state index contributed by atoms with van der Waals surface area (Å²) >= 11 is 2.22. The minimum atomic E-state index is -1.89. The van der Waals surface area contributed by atoms with Gasteiger partial charge >= 0.3 is 0 Å². The number of nitrogens with zero attached hydrogens (tertiary/aromatic N) is 4. The second kappa shape index (κ2) is 7.80. The average molecular weight is 464 g/mol. The summed E-state index contributed by atoms with van der Waals surface area (Å²) in [5, 5.41) is 22.5. The van der Waals surface area contributed by atoms with Crippen LogP contribution in [0.4, 0.5) is 17.6 Å². The van der Waals surface area contributed by atoms with Gasteiger partial charge in [-0.2, -0.15) is 5.26 Å². The average Bonchev–Trinajstić information content (AvgIpc) is 3.46. The standard InChI is InChI=1S/C22H4F4N4S2/c1-29-12(8-28)13-9-3-5-32-22(9)14(10-4-6-31-21(10)13)20(30-2)15-18(25)16(23)11(7-27)17(24)19(15)26/h3-6H/b13-12-,20-14+. The van der Waals surface area contributed by atoms with E-state index in [1.807, 2.05) is 6.07 Å². The van der Waals surface area contributed by atoms with Gasteiger partial charge in [0.15, 0.2) is 23.3 Å². The molecule has 0 aliphatic carbocycles. The summed E-state index contributed by atoms with van der Waals surface area (Å²) in [5.74, 6) is -7.49. The molecule has 0 bridgehead atoms. The van der Waals surface area contributed by atoms with Crippen molar-refractivity contribution < 1.29 is 17.6 Å². The van der Waals surface area contributed by atoms with Crippen LogP contribution in [0.2, 0.25) is 0 Å². The van der Waals surface area contributed by atoms with Gasteiger partial charge in [0, 0.05) is 19.8 Å². The number of halogens is 4. The molecular weight excluding hydrogens is 460 g/mol. The van der Waals surface area contributed by atoms with E-state index in [1.54, 1.807) is 16.8 Å². The minimum Gasteiger partial charge on any atom is -0.237 e. The van der Waals surface area contributed by atoms with Crippen LogP contribution in [-0.2, 0) is 0 Å². The van der Waals surface area contributed by atoms with E-state index in [2.05, 4.69) is 9.69 Å². The Labute approximate surface area is 185 Å². The molecule has 2 aromatic heterocycles. The molecule has 0 aliphatic heterocycles. The maximum absolute atomic E-state index is 14.8. The first-order valence-corrected chi connectivity index (χ1v) is 10.2. The molecule has 2 aromatic carbocycles. The fourth-order valence-corrected chi connectivity index (χ4v) is 5.35. The third-order valence-electron chi connectivity index (χ3n) is 4.74. The summed E-state index contributed by atoms with van der Waals surface area (Å²) in [4.78, 5) is 6.47. The molecule has 0 spiro atoms. The summed E-state index contributed by atoms with van der Waals surface area (Å²) in [6.07, 6.45) is 0. The Morgan fingerprint density at radius 3 is 1.81 bits per heavy atom. The zero-order chi connectivity index (χ0) is 23.2. The zero-order valence-electron chi connectivity index (χ0n) is 15.4. The van der Waals surface area contributed by atoms with Gasteiger partial charge in [0.05, 0.1) is 24.8 Å². The molecule has 0 unspecified atom stereocenters. The molecule has 152 valence electrons. The molecule has 0 aliphatic rings. The van der Waals surface area contributed by atoms with Gasteiger partial charge in [-0.05, 0) is 33.7 Å². The molecule has 2 heterocycles. The highest BCUT2D eigenvalue weighted by molar-refractivity contribution is 7.18. The third kappa shape index (κ3) is 2.76. The SMILES string of the molecule is [C-]#[N+]/C(C#N)=c1/c2ccsc2/c(=C(/[N+]#[C-])c2c(F)c(F)c(C#N)c(F)c2F)c2ccsc12. The molecule has 0 saturated carbocycles. The Balaban J connectivity index is 2.40. The Kier molecular flexibility index (Phi) is 5.12. The third-order valence-corrected chi connectivity index (χ3v) is 6.60. The fraction of sp³-hybridized carbons (Fsp3) is 0. The van der Waals surface area contributed by atoms with Crippen LogP contribution in [0.1, 0.15) is 11.1 Å². The van der Waals surface area contributed by atoms with E-state index in [4.69, 9.17) is 18.4 Å². The number of rotatable bonds is 1. The molecule has 0 N–H and O–H groups in total. The van der Waals surface area contributed by atoms with Crippen LogP contribution in [0.5, 0.6) is 0 Å². The van der Waals surface area contributed by atoms with Crippen LogP contribution in [0, 0.1) is 59.1 Å². The van der Waals surface area contributed by atoms with Gasteiger partial charge in [0.1, 0.15) is 11.6 Å². The van der Waals surface area contributed by atoms with E-state index in [0.717, 1.165) is 28.7 Å². The van der Waals surface area contributed by atoms with Crippen molar-refractivity contribution >= 4 is 54.2 Å². The summed E-state index contributed by atoms with van der Waals surface area (Å²) in [6, 6.07) is 6.04. The van der Waals surface area contributed by atoms with Crippen LogP contribution < -0.4 is 10.4 Å². The van der Waals surface area contributed by atoms with Gasteiger partial charge in [0.2, 0.25) is 5.70 Å². The second-order valence-electron chi connectivity index (χ2n) is 6.23. The molecule has 4 aromatic rings. The van der Waals surface area contributed by atoms with Gasteiger partial charge < -0.3 is 0 Å². The van der Waals surface area contributed by atoms with Crippen molar-refractivity contribution in [3.63, 3.8) is 0 Å². The fourth-order valence-electron chi connectivity index (χ4n) is 3.43. The molecule has 0 amide bonds. The number of benzene rings is 2. The number of hydrogen-bond acceptors (Lipinski definition) is 4. The molecule has 0 radical (unpaired) electrons. The van der Waals surface area contributed by atoms with Crippen molar-refractivity contribution in [2.75, 3.05) is 0 Å². The molecule has 4 rings (SSSR count). The van der Waals surface area contributed by atoms with E-state index < -0.39 is 40.1 Å². The van der Waals surface area contributed by atoms with E-state index >= 15 is 0 Å². The summed E-state index contributed by atoms with van der Waals surface area (Å²) in [5.41, 5.74) is -3.54. The normalized spacial score (nSPS) is 12.6. The zero-order valence-corrected chi connectivity index (χ0v) is 17.1. The Morgan fingerprint density at radius 1 is 0.812 bits per heavy atom. The molecule has 0 fully saturated rings. The Bertz CT molecular complexity index is 1670. The van der Waals surface area contributed by atoms with Gasteiger partial charge in [-0.15, -0.1) is 22.7 Å². The van der Waals surface area contributed by atoms with E-state index in [-0.39, 0.29) is 10.9 Å². The monoisotopic (exact) mass is 464 g/mol. The Hall–Kier alpha value is -4.22. The van der Waals surface area contributed by atoms with Crippen LogP contribution in [0.15, 0.2) is 22.9 Å². The summed E-state index contributed by atoms with van der Waals surface area (Å²) in [7, 11) is 0. The van der Waals surface area contributed by atoms with Gasteiger partial charge in [-0.25, -0.2) is 32.5 Å². The molecule has 0 saturated heterocycles. The van der Waals surface area contributed by atoms with Crippen molar-refractivity contribution in [1.82, 2.24) is 0 Å². The number of thiophene rings is 2. The first kappa shape index (κ1) is 21.0. The van der Waals surface area contributed by atoms with Gasteiger partial charge in [-0.1, -0.05) is 0 Å². The first-order valence-electron chi connectivity index (χ1n) is 8.47. The van der Waals surface area contributed by atoms with Crippen LogP contribution in [-0.4, -0.2) is 0 Å². The van der Waals surface area contributed by atoms with Crippen molar-refractivity contribution in [1.29, 1.82) is 10.5 Å². The predicted molar refractivity (Wildman–Crippen MR) is 112 cm³/mol. The van der Waals surface area contributed by atoms with Crippen LogP contribution in [0.25, 0.3) is 41.3 Å². The quantitative estimate of drug-likeness (QED) is 0.222. The number of hydrogen-bond donors (Lipinski definition) is 0. The highest BCUT2D eigenvalue weighted by atomic mass is 32.1. The number of fused-ring (bicyclic) bond motifs is 2. The topological polar surface area (TPSA) is 56.3 Å².